The number of hydrogen-bond donors (Lipinski definition) is 1. The molecule has 142 valence electrons. The molecule has 0 spiro atoms. The zero-order valence-corrected chi connectivity index (χ0v) is 16.7. The van der Waals surface area contributed by atoms with E-state index in [1.54, 1.807) is 17.4 Å². The Bertz CT molecular complexity index is 1190. The van der Waals surface area contributed by atoms with Gasteiger partial charge in [-0.3, -0.25) is 14.2 Å². The van der Waals surface area contributed by atoms with Crippen LogP contribution < -0.4 is 10.9 Å². The van der Waals surface area contributed by atoms with Crippen molar-refractivity contribution in [3.8, 4) is 6.07 Å². The summed E-state index contributed by atoms with van der Waals surface area (Å²) in [5.41, 5.74) is 1.52. The van der Waals surface area contributed by atoms with Crippen LogP contribution in [0.25, 0.3) is 10.2 Å². The molecule has 8 heteroatoms. The summed E-state index contributed by atoms with van der Waals surface area (Å²) in [5, 5.41) is 12.9. The van der Waals surface area contributed by atoms with Gasteiger partial charge in [0.25, 0.3) is 5.56 Å². The van der Waals surface area contributed by atoms with Crippen LogP contribution in [0.4, 0.5) is 5.69 Å². The summed E-state index contributed by atoms with van der Waals surface area (Å²) in [4.78, 5) is 31.8. The third-order valence-electron chi connectivity index (χ3n) is 4.97. The van der Waals surface area contributed by atoms with Gasteiger partial charge in [-0.25, -0.2) is 4.98 Å². The maximum atomic E-state index is 13.0. The molecule has 2 heterocycles. The van der Waals surface area contributed by atoms with Crippen LogP contribution >= 0.6 is 22.9 Å². The lowest BCUT2D eigenvalue weighted by atomic mass is 9.89. The summed E-state index contributed by atoms with van der Waals surface area (Å²) in [7, 11) is 0. The van der Waals surface area contributed by atoms with Crippen LogP contribution in [0, 0.1) is 17.2 Å². The van der Waals surface area contributed by atoms with Crippen molar-refractivity contribution in [2.24, 2.45) is 5.92 Å². The minimum Gasteiger partial charge on any atom is -0.323 e. The van der Waals surface area contributed by atoms with Crippen molar-refractivity contribution < 1.29 is 4.79 Å². The van der Waals surface area contributed by atoms with Crippen molar-refractivity contribution >= 4 is 44.7 Å². The number of nitriles is 1. The first-order valence-electron chi connectivity index (χ1n) is 8.95. The van der Waals surface area contributed by atoms with Gasteiger partial charge in [-0.15, -0.1) is 11.3 Å². The van der Waals surface area contributed by atoms with E-state index in [4.69, 9.17) is 11.6 Å². The van der Waals surface area contributed by atoms with Crippen molar-refractivity contribution in [2.75, 3.05) is 5.32 Å². The number of nitrogens with one attached hydrogen (secondary N) is 1. The molecule has 1 N–H and O–H groups in total. The number of carbonyl (C=O) groups is 1. The molecule has 1 aliphatic carbocycles. The molecule has 6 nitrogen and oxygen atoms in total. The van der Waals surface area contributed by atoms with Gasteiger partial charge in [-0.2, -0.15) is 5.26 Å². The van der Waals surface area contributed by atoms with E-state index in [1.165, 1.54) is 27.9 Å². The van der Waals surface area contributed by atoms with Crippen LogP contribution in [0.1, 0.15) is 29.3 Å². The lowest BCUT2D eigenvalue weighted by Crippen LogP contribution is -2.28. The minimum atomic E-state index is -0.417. The maximum absolute atomic E-state index is 13.0. The van der Waals surface area contributed by atoms with Gasteiger partial charge in [-0.05, 0) is 48.9 Å². The standard InChI is InChI=1S/C20H17ClN4O2S/c1-11-2-5-14-16(6-11)28-19-18(14)20(27)25(10-23-19)9-17(26)24-15-7-13(21)4-3-12(15)8-22/h3-4,7,10-11H,2,5-6,9H2,1H3,(H,24,26)/t11-/m1/s1. The van der Waals surface area contributed by atoms with Gasteiger partial charge in [0, 0.05) is 9.90 Å². The maximum Gasteiger partial charge on any atom is 0.262 e. The average molecular weight is 413 g/mol. The fraction of sp³-hybridized carbons (Fsp3) is 0.300. The van der Waals surface area contributed by atoms with Gasteiger partial charge in [0.2, 0.25) is 5.91 Å². The second-order valence-electron chi connectivity index (χ2n) is 7.06. The van der Waals surface area contributed by atoms with Gasteiger partial charge in [0.1, 0.15) is 17.4 Å². The molecule has 0 bridgehead atoms. The molecule has 1 amide bonds. The highest BCUT2D eigenvalue weighted by atomic mass is 35.5. The van der Waals surface area contributed by atoms with Gasteiger partial charge in [-0.1, -0.05) is 18.5 Å². The predicted octanol–water partition coefficient (Wildman–Crippen LogP) is 3.75. The number of rotatable bonds is 3. The number of benzene rings is 1. The lowest BCUT2D eigenvalue weighted by molar-refractivity contribution is -0.116. The summed E-state index contributed by atoms with van der Waals surface area (Å²) in [5.74, 6) is 0.195. The van der Waals surface area contributed by atoms with Crippen molar-refractivity contribution in [3.05, 3.63) is 55.9 Å². The molecule has 1 atom stereocenters. The predicted molar refractivity (Wildman–Crippen MR) is 110 cm³/mol. The normalized spacial score (nSPS) is 15.8. The highest BCUT2D eigenvalue weighted by Gasteiger charge is 2.23. The fourth-order valence-electron chi connectivity index (χ4n) is 3.54. The topological polar surface area (TPSA) is 87.8 Å². The minimum absolute atomic E-state index is 0.180. The molecule has 0 fully saturated rings. The van der Waals surface area contributed by atoms with E-state index in [1.807, 2.05) is 6.07 Å². The Balaban J connectivity index is 1.63. The van der Waals surface area contributed by atoms with Crippen molar-refractivity contribution in [1.29, 1.82) is 5.26 Å². The number of aromatic nitrogens is 2. The van der Waals surface area contributed by atoms with Crippen molar-refractivity contribution in [3.63, 3.8) is 0 Å². The monoisotopic (exact) mass is 412 g/mol. The van der Waals surface area contributed by atoms with Crippen LogP contribution in [0.15, 0.2) is 29.3 Å². The van der Waals surface area contributed by atoms with E-state index in [0.29, 0.717) is 27.6 Å². The van der Waals surface area contributed by atoms with Crippen LogP contribution in [0.5, 0.6) is 0 Å². The van der Waals surface area contributed by atoms with Gasteiger partial charge < -0.3 is 5.32 Å². The number of fused-ring (bicyclic) bond motifs is 3. The summed E-state index contributed by atoms with van der Waals surface area (Å²) < 4.78 is 1.32. The molecule has 28 heavy (non-hydrogen) atoms. The molecule has 0 saturated carbocycles. The Morgan fingerprint density at radius 1 is 1.50 bits per heavy atom. The Morgan fingerprint density at radius 2 is 2.32 bits per heavy atom. The Kier molecular flexibility index (Phi) is 4.92. The van der Waals surface area contributed by atoms with Crippen LogP contribution in [0.3, 0.4) is 0 Å². The lowest BCUT2D eigenvalue weighted by Gasteiger charge is -2.17. The second-order valence-corrected chi connectivity index (χ2v) is 8.58. The molecule has 0 radical (unpaired) electrons. The largest absolute Gasteiger partial charge is 0.323 e. The number of halogens is 1. The van der Waals surface area contributed by atoms with Crippen LogP contribution in [0.2, 0.25) is 5.02 Å². The smallest absolute Gasteiger partial charge is 0.262 e. The number of thiophene rings is 1. The van der Waals surface area contributed by atoms with E-state index in [2.05, 4.69) is 17.2 Å². The highest BCUT2D eigenvalue weighted by molar-refractivity contribution is 7.18. The molecule has 0 unspecified atom stereocenters. The molecule has 0 saturated heterocycles. The van der Waals surface area contributed by atoms with Crippen molar-refractivity contribution in [1.82, 2.24) is 9.55 Å². The van der Waals surface area contributed by atoms with E-state index in [0.717, 1.165) is 29.7 Å². The molecule has 4 rings (SSSR count). The van der Waals surface area contributed by atoms with Gasteiger partial charge in [0.05, 0.1) is 23.0 Å². The summed E-state index contributed by atoms with van der Waals surface area (Å²) in [6, 6.07) is 6.64. The second kappa shape index (κ2) is 7.38. The summed E-state index contributed by atoms with van der Waals surface area (Å²) in [6.07, 6.45) is 4.32. The first-order chi connectivity index (χ1) is 13.5. The van der Waals surface area contributed by atoms with Gasteiger partial charge >= 0.3 is 0 Å². The van der Waals surface area contributed by atoms with Gasteiger partial charge in [0.15, 0.2) is 0 Å². The molecule has 1 aliphatic rings. The SMILES string of the molecule is C[C@@H]1CCc2c(sc3ncn(CC(=O)Nc4cc(Cl)ccc4C#N)c(=O)c23)C1. The zero-order valence-electron chi connectivity index (χ0n) is 15.2. The number of nitrogens with zero attached hydrogens (tertiary/aromatic N) is 3. The number of anilines is 1. The first-order valence-corrected chi connectivity index (χ1v) is 10.1. The number of hydrogen-bond acceptors (Lipinski definition) is 5. The fourth-order valence-corrected chi connectivity index (χ4v) is 5.05. The molecular weight excluding hydrogens is 396 g/mol. The molecule has 0 aliphatic heterocycles. The molecule has 1 aromatic carbocycles. The van der Waals surface area contributed by atoms with E-state index >= 15 is 0 Å². The third-order valence-corrected chi connectivity index (χ3v) is 6.37. The Morgan fingerprint density at radius 3 is 3.11 bits per heavy atom. The third kappa shape index (κ3) is 3.41. The summed E-state index contributed by atoms with van der Waals surface area (Å²) in [6.45, 7) is 2.04. The van der Waals surface area contributed by atoms with Crippen LogP contribution in [-0.2, 0) is 24.2 Å². The highest BCUT2D eigenvalue weighted by Crippen LogP contribution is 2.35. The zero-order chi connectivity index (χ0) is 19.8. The number of carbonyl (C=O) groups excluding carboxylic acids is 1. The molecular formula is C20H17ClN4O2S. The van der Waals surface area contributed by atoms with E-state index < -0.39 is 5.91 Å². The van der Waals surface area contributed by atoms with E-state index in [9.17, 15) is 14.9 Å². The van der Waals surface area contributed by atoms with Crippen LogP contribution in [-0.4, -0.2) is 15.5 Å². The molecule has 3 aromatic rings. The quantitative estimate of drug-likeness (QED) is 0.709. The Hall–Kier alpha value is -2.69. The Labute approximate surface area is 170 Å². The number of aryl methyl sites for hydroxylation is 1. The average Bonchev–Trinajstić information content (AvgIpc) is 3.02. The first kappa shape index (κ1) is 18.7. The van der Waals surface area contributed by atoms with Crippen molar-refractivity contribution in [2.45, 2.75) is 32.7 Å². The number of amides is 1. The molecule has 2 aromatic heterocycles. The summed E-state index contributed by atoms with van der Waals surface area (Å²) >= 11 is 7.53. The van der Waals surface area contributed by atoms with E-state index in [-0.39, 0.29) is 12.1 Å².